The lowest BCUT2D eigenvalue weighted by molar-refractivity contribution is -0.114. The molecule has 1 N–H and O–H groups in total. The Kier molecular flexibility index (Phi) is 5.49. The zero-order valence-electron chi connectivity index (χ0n) is 19.4. The van der Waals surface area contributed by atoms with E-state index in [4.69, 9.17) is 5.10 Å². The van der Waals surface area contributed by atoms with Gasteiger partial charge in [0.1, 0.15) is 0 Å². The maximum atomic E-state index is 12.4. The highest BCUT2D eigenvalue weighted by Crippen LogP contribution is 2.44. The van der Waals surface area contributed by atoms with Crippen molar-refractivity contribution in [2.24, 2.45) is 0 Å². The first-order chi connectivity index (χ1) is 16.3. The third-order valence-corrected chi connectivity index (χ3v) is 6.72. The third-order valence-electron chi connectivity index (χ3n) is 5.70. The number of benzene rings is 1. The van der Waals surface area contributed by atoms with Gasteiger partial charge in [0, 0.05) is 50.1 Å². The normalized spacial score (nSPS) is 12.1. The molecule has 0 unspecified atom stereocenters. The minimum atomic E-state index is -0.146. The standard InChI is InChI=1S/C25H24N6O2S/c1-14-11-17(13-26-12-14)21-19-9-10-20-23(34-25(28-20)27-15(2)32)22(19)31(29-21)18-7-5-16(6-8-18)24(33)30(3)4/h5-8,11-13H,9-10H2,1-4H3,(H,27,28,32). The molecule has 3 heterocycles. The van der Waals surface area contributed by atoms with Gasteiger partial charge in [-0.3, -0.25) is 14.6 Å². The Morgan fingerprint density at radius 1 is 1.12 bits per heavy atom. The molecule has 4 aromatic rings. The van der Waals surface area contributed by atoms with Crippen LogP contribution in [0.4, 0.5) is 5.13 Å². The molecule has 0 saturated heterocycles. The lowest BCUT2D eigenvalue weighted by Crippen LogP contribution is -2.21. The van der Waals surface area contributed by atoms with E-state index in [1.54, 1.807) is 19.0 Å². The maximum Gasteiger partial charge on any atom is 0.253 e. The van der Waals surface area contributed by atoms with Crippen LogP contribution in [-0.2, 0) is 17.6 Å². The van der Waals surface area contributed by atoms with Crippen molar-refractivity contribution in [2.75, 3.05) is 19.4 Å². The van der Waals surface area contributed by atoms with E-state index in [2.05, 4.69) is 21.4 Å². The predicted molar refractivity (Wildman–Crippen MR) is 132 cm³/mol. The van der Waals surface area contributed by atoms with Crippen molar-refractivity contribution < 1.29 is 9.59 Å². The summed E-state index contributed by atoms with van der Waals surface area (Å²) in [5.74, 6) is -0.197. The van der Waals surface area contributed by atoms with Crippen molar-refractivity contribution >= 4 is 28.3 Å². The number of carbonyl (C=O) groups is 2. The molecule has 0 saturated carbocycles. The molecule has 8 nitrogen and oxygen atoms in total. The molecular formula is C25H24N6O2S. The highest BCUT2D eigenvalue weighted by atomic mass is 32.1. The first-order valence-corrected chi connectivity index (χ1v) is 11.8. The minimum absolute atomic E-state index is 0.0507. The van der Waals surface area contributed by atoms with Crippen molar-refractivity contribution in [3.05, 3.63) is 65.1 Å². The number of pyridine rings is 1. The minimum Gasteiger partial charge on any atom is -0.345 e. The highest BCUT2D eigenvalue weighted by Gasteiger charge is 2.30. The summed E-state index contributed by atoms with van der Waals surface area (Å²) in [5.41, 5.74) is 7.43. The van der Waals surface area contributed by atoms with Crippen molar-refractivity contribution in [2.45, 2.75) is 26.7 Å². The van der Waals surface area contributed by atoms with E-state index in [1.807, 2.05) is 48.3 Å². The van der Waals surface area contributed by atoms with E-state index in [-0.39, 0.29) is 11.8 Å². The van der Waals surface area contributed by atoms with Gasteiger partial charge in [-0.2, -0.15) is 5.10 Å². The van der Waals surface area contributed by atoms with Crippen LogP contribution in [0.25, 0.3) is 27.5 Å². The van der Waals surface area contributed by atoms with Gasteiger partial charge in [-0.05, 0) is 55.7 Å². The molecule has 0 aliphatic heterocycles. The van der Waals surface area contributed by atoms with Crippen LogP contribution in [0, 0.1) is 6.92 Å². The van der Waals surface area contributed by atoms with Crippen LogP contribution >= 0.6 is 11.3 Å². The highest BCUT2D eigenvalue weighted by molar-refractivity contribution is 7.19. The van der Waals surface area contributed by atoms with E-state index in [9.17, 15) is 9.59 Å². The lowest BCUT2D eigenvalue weighted by Gasteiger charge is -2.15. The van der Waals surface area contributed by atoms with Gasteiger partial charge in [-0.1, -0.05) is 11.3 Å². The number of amides is 2. The van der Waals surface area contributed by atoms with Gasteiger partial charge in [0.25, 0.3) is 5.91 Å². The summed E-state index contributed by atoms with van der Waals surface area (Å²) < 4.78 is 1.92. The van der Waals surface area contributed by atoms with E-state index >= 15 is 0 Å². The molecule has 1 aliphatic rings. The van der Waals surface area contributed by atoms with Crippen LogP contribution in [0.3, 0.4) is 0 Å². The van der Waals surface area contributed by atoms with Crippen LogP contribution in [-0.4, -0.2) is 50.6 Å². The average molecular weight is 473 g/mol. The van der Waals surface area contributed by atoms with E-state index in [0.29, 0.717) is 10.7 Å². The second-order valence-corrected chi connectivity index (χ2v) is 9.56. The quantitative estimate of drug-likeness (QED) is 0.482. The maximum absolute atomic E-state index is 12.4. The molecule has 5 rings (SSSR count). The van der Waals surface area contributed by atoms with Crippen LogP contribution < -0.4 is 5.32 Å². The Bertz CT molecular complexity index is 1420. The number of rotatable bonds is 4. The van der Waals surface area contributed by atoms with Crippen molar-refractivity contribution in [3.63, 3.8) is 0 Å². The fourth-order valence-corrected chi connectivity index (χ4v) is 5.30. The first kappa shape index (κ1) is 22.0. The summed E-state index contributed by atoms with van der Waals surface area (Å²) in [4.78, 5) is 35.6. The van der Waals surface area contributed by atoms with Gasteiger partial charge in [0.05, 0.1) is 27.6 Å². The molecule has 0 bridgehead atoms. The Balaban J connectivity index is 1.68. The van der Waals surface area contributed by atoms with Gasteiger partial charge < -0.3 is 10.2 Å². The van der Waals surface area contributed by atoms with Crippen molar-refractivity contribution in [1.29, 1.82) is 0 Å². The second kappa shape index (κ2) is 8.49. The monoisotopic (exact) mass is 472 g/mol. The number of nitrogens with zero attached hydrogens (tertiary/aromatic N) is 5. The molecule has 0 radical (unpaired) electrons. The molecule has 0 spiro atoms. The summed E-state index contributed by atoms with van der Waals surface area (Å²) in [6.07, 6.45) is 5.22. The van der Waals surface area contributed by atoms with Crippen LogP contribution in [0.2, 0.25) is 0 Å². The molecular weight excluding hydrogens is 448 g/mol. The molecule has 9 heteroatoms. The van der Waals surface area contributed by atoms with Gasteiger partial charge >= 0.3 is 0 Å². The summed E-state index contributed by atoms with van der Waals surface area (Å²) in [6, 6.07) is 9.54. The van der Waals surface area contributed by atoms with Gasteiger partial charge in [-0.15, -0.1) is 0 Å². The molecule has 172 valence electrons. The molecule has 0 atom stereocenters. The molecule has 0 fully saturated rings. The Morgan fingerprint density at radius 2 is 1.88 bits per heavy atom. The van der Waals surface area contributed by atoms with Crippen LogP contribution in [0.5, 0.6) is 0 Å². The van der Waals surface area contributed by atoms with E-state index < -0.39 is 0 Å². The van der Waals surface area contributed by atoms with Crippen LogP contribution in [0.15, 0.2) is 42.7 Å². The number of nitrogens with one attached hydrogen (secondary N) is 1. The fraction of sp³-hybridized carbons (Fsp3) is 0.240. The summed E-state index contributed by atoms with van der Waals surface area (Å²) in [6.45, 7) is 3.50. The summed E-state index contributed by atoms with van der Waals surface area (Å²) >= 11 is 1.46. The number of carbonyl (C=O) groups excluding carboxylic acids is 2. The molecule has 1 aliphatic carbocycles. The van der Waals surface area contributed by atoms with Gasteiger partial charge in [0.2, 0.25) is 5.91 Å². The van der Waals surface area contributed by atoms with Crippen molar-refractivity contribution in [3.8, 4) is 27.5 Å². The SMILES string of the molecule is CC(=O)Nc1nc2c(s1)-c1c(c(-c3cncc(C)c3)nn1-c1ccc(C(=O)N(C)C)cc1)CC2. The average Bonchev–Trinajstić information content (AvgIpc) is 3.39. The number of aromatic nitrogens is 4. The topological polar surface area (TPSA) is 93.0 Å². The molecule has 2 amide bonds. The molecule has 34 heavy (non-hydrogen) atoms. The zero-order valence-corrected chi connectivity index (χ0v) is 20.2. The molecule has 1 aromatic carbocycles. The Hall–Kier alpha value is -3.85. The number of hydrogen-bond acceptors (Lipinski definition) is 6. The number of fused-ring (bicyclic) bond motifs is 3. The molecule has 3 aromatic heterocycles. The summed E-state index contributed by atoms with van der Waals surface area (Å²) in [5, 5.41) is 8.43. The van der Waals surface area contributed by atoms with Crippen LogP contribution in [0.1, 0.15) is 34.1 Å². The zero-order chi connectivity index (χ0) is 24.0. The number of hydrogen-bond donors (Lipinski definition) is 1. The van der Waals surface area contributed by atoms with Gasteiger partial charge in [-0.25, -0.2) is 9.67 Å². The second-order valence-electron chi connectivity index (χ2n) is 8.56. The smallest absolute Gasteiger partial charge is 0.253 e. The number of thiazole rings is 1. The fourth-order valence-electron chi connectivity index (χ4n) is 4.18. The largest absolute Gasteiger partial charge is 0.345 e. The number of aryl methyl sites for hydroxylation is 2. The lowest BCUT2D eigenvalue weighted by atomic mass is 9.95. The van der Waals surface area contributed by atoms with E-state index in [0.717, 1.165) is 57.2 Å². The summed E-state index contributed by atoms with van der Waals surface area (Å²) in [7, 11) is 3.47. The van der Waals surface area contributed by atoms with Crippen molar-refractivity contribution in [1.82, 2.24) is 24.6 Å². The van der Waals surface area contributed by atoms with Gasteiger partial charge in [0.15, 0.2) is 5.13 Å². The first-order valence-electron chi connectivity index (χ1n) is 11.0. The Labute approximate surface area is 201 Å². The predicted octanol–water partition coefficient (Wildman–Crippen LogP) is 4.13. The third kappa shape index (κ3) is 3.88. The Morgan fingerprint density at radius 3 is 2.56 bits per heavy atom. The number of anilines is 1. The van der Waals surface area contributed by atoms with E-state index in [1.165, 1.54) is 18.3 Å².